The summed E-state index contributed by atoms with van der Waals surface area (Å²) in [6.07, 6.45) is 15.8. The van der Waals surface area contributed by atoms with Crippen molar-refractivity contribution in [3.63, 3.8) is 0 Å². The molecular weight excluding hydrogens is 220 g/mol. The highest BCUT2D eigenvalue weighted by molar-refractivity contribution is 4.78. The van der Waals surface area contributed by atoms with Crippen LogP contribution in [0.1, 0.15) is 97.8 Å². The van der Waals surface area contributed by atoms with Gasteiger partial charge >= 0.3 is 0 Å². The molecule has 0 saturated carbocycles. The molecule has 0 aromatic heterocycles. The van der Waals surface area contributed by atoms with E-state index in [1.54, 1.807) is 0 Å². The Morgan fingerprint density at radius 3 is 1.67 bits per heavy atom. The van der Waals surface area contributed by atoms with Gasteiger partial charge < -0.3 is 5.11 Å². The van der Waals surface area contributed by atoms with Crippen LogP contribution in [0.5, 0.6) is 0 Å². The van der Waals surface area contributed by atoms with E-state index in [4.69, 9.17) is 0 Å². The molecule has 0 atom stereocenters. The predicted molar refractivity (Wildman–Crippen MR) is 81.9 cm³/mol. The topological polar surface area (TPSA) is 20.2 Å². The lowest BCUT2D eigenvalue weighted by Gasteiger charge is -2.33. The van der Waals surface area contributed by atoms with Crippen LogP contribution in [0.3, 0.4) is 0 Å². The van der Waals surface area contributed by atoms with E-state index in [-0.39, 0.29) is 0 Å². The molecule has 0 rings (SSSR count). The van der Waals surface area contributed by atoms with Gasteiger partial charge in [-0.15, -0.1) is 0 Å². The Bertz CT molecular complexity index is 148. The van der Waals surface area contributed by atoms with E-state index in [2.05, 4.69) is 20.8 Å². The zero-order chi connectivity index (χ0) is 13.7. The van der Waals surface area contributed by atoms with Gasteiger partial charge in [0.15, 0.2) is 0 Å². The average molecular weight is 256 g/mol. The van der Waals surface area contributed by atoms with Gasteiger partial charge in [-0.1, -0.05) is 72.1 Å². The lowest BCUT2D eigenvalue weighted by molar-refractivity contribution is 0.138. The Kier molecular flexibility index (Phi) is 12.0. The first kappa shape index (κ1) is 18.0. The van der Waals surface area contributed by atoms with Crippen LogP contribution in [0, 0.1) is 5.41 Å². The molecule has 0 aliphatic heterocycles. The summed E-state index contributed by atoms with van der Waals surface area (Å²) >= 11 is 0. The first-order valence-electron chi connectivity index (χ1n) is 8.35. The fourth-order valence-electron chi connectivity index (χ4n) is 3.33. The molecule has 0 radical (unpaired) electrons. The molecule has 0 bridgehead atoms. The van der Waals surface area contributed by atoms with Crippen molar-refractivity contribution < 1.29 is 5.11 Å². The molecule has 18 heavy (non-hydrogen) atoms. The largest absolute Gasteiger partial charge is 0.396 e. The fraction of sp³-hybridized carbons (Fsp3) is 1.00. The van der Waals surface area contributed by atoms with Gasteiger partial charge in [0, 0.05) is 6.61 Å². The van der Waals surface area contributed by atoms with E-state index in [9.17, 15) is 5.11 Å². The maximum absolute atomic E-state index is 9.33. The van der Waals surface area contributed by atoms with E-state index >= 15 is 0 Å². The second-order valence-corrected chi connectivity index (χ2v) is 5.99. The van der Waals surface area contributed by atoms with E-state index in [1.165, 1.54) is 70.6 Å². The van der Waals surface area contributed by atoms with Crippen LogP contribution in [-0.4, -0.2) is 11.7 Å². The first-order chi connectivity index (χ1) is 8.74. The van der Waals surface area contributed by atoms with Crippen LogP contribution >= 0.6 is 0 Å². The van der Waals surface area contributed by atoms with Gasteiger partial charge in [-0.25, -0.2) is 0 Å². The Morgan fingerprint density at radius 1 is 0.611 bits per heavy atom. The van der Waals surface area contributed by atoms with Crippen LogP contribution < -0.4 is 0 Å². The normalized spacial score (nSPS) is 12.0. The lowest BCUT2D eigenvalue weighted by Crippen LogP contribution is -2.22. The SMILES string of the molecule is CCCCCCCCC(CCC)(CCC)CCO. The molecule has 0 aliphatic carbocycles. The highest BCUT2D eigenvalue weighted by Crippen LogP contribution is 2.38. The van der Waals surface area contributed by atoms with Gasteiger partial charge in [0.25, 0.3) is 0 Å². The Hall–Kier alpha value is -0.0400. The number of aliphatic hydroxyl groups is 1. The number of aliphatic hydroxyl groups excluding tert-OH is 1. The second kappa shape index (κ2) is 12.0. The minimum atomic E-state index is 0.371. The highest BCUT2D eigenvalue weighted by Gasteiger charge is 2.26. The summed E-state index contributed by atoms with van der Waals surface area (Å²) in [6.45, 7) is 7.21. The molecule has 0 spiro atoms. The highest BCUT2D eigenvalue weighted by atomic mass is 16.3. The van der Waals surface area contributed by atoms with Crippen molar-refractivity contribution in [3.8, 4) is 0 Å². The molecular formula is C17H36O. The van der Waals surface area contributed by atoms with Gasteiger partial charge in [0.1, 0.15) is 0 Å². The smallest absolute Gasteiger partial charge is 0.0436 e. The van der Waals surface area contributed by atoms with Gasteiger partial charge in [-0.05, 0) is 31.1 Å². The number of unbranched alkanes of at least 4 members (excludes halogenated alkanes) is 5. The van der Waals surface area contributed by atoms with E-state index < -0.39 is 0 Å². The van der Waals surface area contributed by atoms with Gasteiger partial charge in [-0.2, -0.15) is 0 Å². The van der Waals surface area contributed by atoms with Gasteiger partial charge in [0.2, 0.25) is 0 Å². The summed E-state index contributed by atoms with van der Waals surface area (Å²) in [4.78, 5) is 0. The third-order valence-corrected chi connectivity index (χ3v) is 4.26. The van der Waals surface area contributed by atoms with E-state index in [0.29, 0.717) is 12.0 Å². The monoisotopic (exact) mass is 256 g/mol. The molecule has 0 aromatic rings. The Labute approximate surface area is 115 Å². The van der Waals surface area contributed by atoms with Crippen LogP contribution in [0.15, 0.2) is 0 Å². The van der Waals surface area contributed by atoms with Crippen molar-refractivity contribution in [2.45, 2.75) is 97.8 Å². The van der Waals surface area contributed by atoms with Crippen molar-refractivity contribution in [1.82, 2.24) is 0 Å². The molecule has 0 fully saturated rings. The minimum Gasteiger partial charge on any atom is -0.396 e. The van der Waals surface area contributed by atoms with Crippen LogP contribution in [0.2, 0.25) is 0 Å². The summed E-state index contributed by atoms with van der Waals surface area (Å²) in [6, 6.07) is 0. The average Bonchev–Trinajstić information content (AvgIpc) is 2.35. The lowest BCUT2D eigenvalue weighted by atomic mass is 9.73. The maximum atomic E-state index is 9.33. The second-order valence-electron chi connectivity index (χ2n) is 5.99. The van der Waals surface area contributed by atoms with Crippen molar-refractivity contribution in [2.75, 3.05) is 6.61 Å². The Morgan fingerprint density at radius 2 is 1.17 bits per heavy atom. The van der Waals surface area contributed by atoms with Crippen molar-refractivity contribution in [1.29, 1.82) is 0 Å². The Balaban J connectivity index is 3.97. The zero-order valence-corrected chi connectivity index (χ0v) is 13.1. The molecule has 0 unspecified atom stereocenters. The number of rotatable bonds is 13. The molecule has 110 valence electrons. The maximum Gasteiger partial charge on any atom is 0.0436 e. The molecule has 0 heterocycles. The van der Waals surface area contributed by atoms with E-state index in [1.807, 2.05) is 0 Å². The van der Waals surface area contributed by atoms with Gasteiger partial charge in [-0.3, -0.25) is 0 Å². The molecule has 1 nitrogen and oxygen atoms in total. The summed E-state index contributed by atoms with van der Waals surface area (Å²) in [5.74, 6) is 0. The number of hydrogen-bond acceptors (Lipinski definition) is 1. The van der Waals surface area contributed by atoms with Gasteiger partial charge in [0.05, 0.1) is 0 Å². The van der Waals surface area contributed by atoms with Crippen LogP contribution in [-0.2, 0) is 0 Å². The summed E-state index contributed by atoms with van der Waals surface area (Å²) in [5.41, 5.74) is 0.447. The standard InChI is InChI=1S/C17H36O/c1-4-7-8-9-10-11-14-17(12-5-2,13-6-3)15-16-18/h18H,4-16H2,1-3H3. The van der Waals surface area contributed by atoms with Crippen LogP contribution in [0.4, 0.5) is 0 Å². The molecule has 0 saturated heterocycles. The fourth-order valence-corrected chi connectivity index (χ4v) is 3.33. The summed E-state index contributed by atoms with van der Waals surface area (Å²) in [7, 11) is 0. The first-order valence-corrected chi connectivity index (χ1v) is 8.35. The van der Waals surface area contributed by atoms with Crippen LogP contribution in [0.25, 0.3) is 0 Å². The molecule has 0 aromatic carbocycles. The third kappa shape index (κ3) is 8.13. The zero-order valence-electron chi connectivity index (χ0n) is 13.1. The molecule has 0 amide bonds. The molecule has 0 aliphatic rings. The van der Waals surface area contributed by atoms with Crippen molar-refractivity contribution >= 4 is 0 Å². The van der Waals surface area contributed by atoms with Crippen molar-refractivity contribution in [2.24, 2.45) is 5.41 Å². The predicted octanol–water partition coefficient (Wildman–Crippen LogP) is 5.71. The molecule has 1 N–H and O–H groups in total. The molecule has 1 heteroatoms. The van der Waals surface area contributed by atoms with Crippen molar-refractivity contribution in [3.05, 3.63) is 0 Å². The minimum absolute atomic E-state index is 0.371. The van der Waals surface area contributed by atoms with E-state index in [0.717, 1.165) is 6.42 Å². The quantitative estimate of drug-likeness (QED) is 0.419. The number of hydrogen-bond donors (Lipinski definition) is 1. The third-order valence-electron chi connectivity index (χ3n) is 4.26. The summed E-state index contributed by atoms with van der Waals surface area (Å²) in [5, 5.41) is 9.33. The summed E-state index contributed by atoms with van der Waals surface area (Å²) < 4.78 is 0.